The van der Waals surface area contributed by atoms with Crippen LogP contribution in [0.1, 0.15) is 29.0 Å². The van der Waals surface area contributed by atoms with E-state index in [9.17, 15) is 18.0 Å². The van der Waals surface area contributed by atoms with Crippen LogP contribution in [-0.2, 0) is 30.8 Å². The fraction of sp³-hybridized carbons (Fsp3) is 0.368. The molecule has 0 spiro atoms. The lowest BCUT2D eigenvalue weighted by molar-refractivity contribution is -0.124. The highest BCUT2D eigenvalue weighted by molar-refractivity contribution is 7.89. The SMILES string of the molecule is O=C(COC(=O)c1ccc(S(=O)(=O)NCc2ccco2)cc1)NCC1CCCO1. The van der Waals surface area contributed by atoms with Gasteiger partial charge >= 0.3 is 5.97 Å². The molecule has 1 saturated heterocycles. The van der Waals surface area contributed by atoms with Crippen molar-refractivity contribution in [3.8, 4) is 0 Å². The number of ether oxygens (including phenoxy) is 2. The number of carbonyl (C=O) groups is 2. The quantitative estimate of drug-likeness (QED) is 0.582. The molecule has 0 aliphatic carbocycles. The van der Waals surface area contributed by atoms with Crippen LogP contribution in [0.4, 0.5) is 0 Å². The molecule has 2 aromatic rings. The summed E-state index contributed by atoms with van der Waals surface area (Å²) in [5, 5.41) is 2.65. The molecule has 1 aromatic heterocycles. The van der Waals surface area contributed by atoms with Gasteiger partial charge in [0, 0.05) is 13.2 Å². The van der Waals surface area contributed by atoms with Gasteiger partial charge in [-0.05, 0) is 49.2 Å². The monoisotopic (exact) mass is 422 g/mol. The second-order valence-corrected chi connectivity index (χ2v) is 8.21. The molecular weight excluding hydrogens is 400 g/mol. The molecule has 1 atom stereocenters. The number of hydrogen-bond acceptors (Lipinski definition) is 7. The van der Waals surface area contributed by atoms with Crippen LogP contribution in [0.2, 0.25) is 0 Å². The molecule has 1 aromatic carbocycles. The Morgan fingerprint density at radius 1 is 1.17 bits per heavy atom. The Bertz CT molecular complexity index is 918. The molecule has 9 nitrogen and oxygen atoms in total. The first-order valence-corrected chi connectivity index (χ1v) is 10.6. The van der Waals surface area contributed by atoms with Crippen molar-refractivity contribution in [1.29, 1.82) is 0 Å². The fourth-order valence-electron chi connectivity index (χ4n) is 2.73. The van der Waals surface area contributed by atoms with E-state index >= 15 is 0 Å². The third-order valence-electron chi connectivity index (χ3n) is 4.30. The third-order valence-corrected chi connectivity index (χ3v) is 5.72. The predicted molar refractivity (Wildman–Crippen MR) is 101 cm³/mol. The Morgan fingerprint density at radius 3 is 2.62 bits per heavy atom. The van der Waals surface area contributed by atoms with Gasteiger partial charge in [0.2, 0.25) is 10.0 Å². The van der Waals surface area contributed by atoms with Crippen molar-refractivity contribution in [1.82, 2.24) is 10.0 Å². The molecule has 1 amide bonds. The Hall–Kier alpha value is -2.69. The predicted octanol–water partition coefficient (Wildman–Crippen LogP) is 1.21. The topological polar surface area (TPSA) is 124 Å². The minimum absolute atomic E-state index is 0.00471. The van der Waals surface area contributed by atoms with Crippen LogP contribution < -0.4 is 10.0 Å². The maximum atomic E-state index is 12.3. The van der Waals surface area contributed by atoms with E-state index in [1.165, 1.54) is 30.5 Å². The van der Waals surface area contributed by atoms with E-state index in [2.05, 4.69) is 10.0 Å². The molecule has 1 aliphatic heterocycles. The third kappa shape index (κ3) is 6.14. The summed E-state index contributed by atoms with van der Waals surface area (Å²) in [6.07, 6.45) is 3.32. The first kappa shape index (κ1) is 21.0. The van der Waals surface area contributed by atoms with Gasteiger partial charge in [-0.3, -0.25) is 4.79 Å². The van der Waals surface area contributed by atoms with Crippen molar-refractivity contribution >= 4 is 21.9 Å². The Kier molecular flexibility index (Phi) is 7.02. The van der Waals surface area contributed by atoms with E-state index in [1.54, 1.807) is 12.1 Å². The zero-order valence-corrected chi connectivity index (χ0v) is 16.4. The molecule has 1 aliphatic rings. The summed E-state index contributed by atoms with van der Waals surface area (Å²) >= 11 is 0. The van der Waals surface area contributed by atoms with E-state index in [-0.39, 0.29) is 23.1 Å². The van der Waals surface area contributed by atoms with Crippen LogP contribution in [0.5, 0.6) is 0 Å². The van der Waals surface area contributed by atoms with Gasteiger partial charge in [-0.1, -0.05) is 0 Å². The van der Waals surface area contributed by atoms with Crippen LogP contribution in [0.15, 0.2) is 52.0 Å². The average Bonchev–Trinajstić information content (AvgIpc) is 3.43. The standard InChI is InChI=1S/C19H22N2O7S/c22-18(20-11-15-3-1-9-26-15)13-28-19(23)14-5-7-17(8-6-14)29(24,25)21-12-16-4-2-10-27-16/h2,4-8,10,15,21H,1,3,9,11-13H2,(H,20,22). The van der Waals surface area contributed by atoms with Gasteiger partial charge in [0.05, 0.1) is 29.4 Å². The first-order chi connectivity index (χ1) is 13.9. The minimum atomic E-state index is -3.76. The van der Waals surface area contributed by atoms with E-state index < -0.39 is 28.5 Å². The summed E-state index contributed by atoms with van der Waals surface area (Å²) in [6, 6.07) is 8.55. The molecule has 0 bridgehead atoms. The number of furan rings is 1. The molecule has 0 radical (unpaired) electrons. The van der Waals surface area contributed by atoms with Crippen molar-refractivity contribution in [2.75, 3.05) is 19.8 Å². The number of esters is 1. The summed E-state index contributed by atoms with van der Waals surface area (Å²) in [7, 11) is -3.76. The lowest BCUT2D eigenvalue weighted by Crippen LogP contribution is -2.34. The van der Waals surface area contributed by atoms with Gasteiger partial charge in [0.25, 0.3) is 5.91 Å². The highest BCUT2D eigenvalue weighted by Gasteiger charge is 2.18. The highest BCUT2D eigenvalue weighted by atomic mass is 32.2. The molecule has 2 N–H and O–H groups in total. The van der Waals surface area contributed by atoms with Gasteiger partial charge < -0.3 is 19.2 Å². The number of carbonyl (C=O) groups excluding carboxylic acids is 2. The molecule has 156 valence electrons. The number of nitrogens with one attached hydrogen (secondary N) is 2. The Labute approximate surface area is 168 Å². The maximum absolute atomic E-state index is 12.3. The summed E-state index contributed by atoms with van der Waals surface area (Å²) in [6.45, 7) is 0.671. The summed E-state index contributed by atoms with van der Waals surface area (Å²) in [4.78, 5) is 23.8. The summed E-state index contributed by atoms with van der Waals surface area (Å²) in [5.41, 5.74) is 0.141. The first-order valence-electron chi connectivity index (χ1n) is 9.11. The van der Waals surface area contributed by atoms with Gasteiger partial charge in [-0.25, -0.2) is 17.9 Å². The van der Waals surface area contributed by atoms with Gasteiger partial charge in [0.1, 0.15) is 5.76 Å². The van der Waals surface area contributed by atoms with Crippen LogP contribution in [0.25, 0.3) is 0 Å². The summed E-state index contributed by atoms with van der Waals surface area (Å²) < 4.78 is 42.4. The number of amides is 1. The van der Waals surface area contributed by atoms with Crippen LogP contribution in [-0.4, -0.2) is 46.2 Å². The molecule has 1 fully saturated rings. The van der Waals surface area contributed by atoms with Crippen molar-refractivity contribution < 1.29 is 31.9 Å². The van der Waals surface area contributed by atoms with E-state index in [0.29, 0.717) is 18.9 Å². The van der Waals surface area contributed by atoms with Gasteiger partial charge in [0.15, 0.2) is 6.61 Å². The summed E-state index contributed by atoms with van der Waals surface area (Å²) in [5.74, 6) is -0.661. The van der Waals surface area contributed by atoms with Gasteiger partial charge in [-0.15, -0.1) is 0 Å². The molecule has 0 saturated carbocycles. The fourth-order valence-corrected chi connectivity index (χ4v) is 3.72. The lowest BCUT2D eigenvalue weighted by Gasteiger charge is -2.11. The van der Waals surface area contributed by atoms with Crippen molar-refractivity contribution in [2.24, 2.45) is 0 Å². The molecule has 2 heterocycles. The molecule has 3 rings (SSSR count). The Morgan fingerprint density at radius 2 is 1.97 bits per heavy atom. The van der Waals surface area contributed by atoms with Crippen molar-refractivity contribution in [2.45, 2.75) is 30.4 Å². The molecule has 29 heavy (non-hydrogen) atoms. The van der Waals surface area contributed by atoms with E-state index in [0.717, 1.165) is 12.8 Å². The zero-order valence-electron chi connectivity index (χ0n) is 15.6. The normalized spacial score (nSPS) is 16.5. The number of benzene rings is 1. The lowest BCUT2D eigenvalue weighted by atomic mass is 10.2. The second kappa shape index (κ2) is 9.68. The maximum Gasteiger partial charge on any atom is 0.338 e. The average molecular weight is 422 g/mol. The molecular formula is C19H22N2O7S. The molecule has 1 unspecified atom stereocenters. The van der Waals surface area contributed by atoms with Crippen LogP contribution >= 0.6 is 0 Å². The number of rotatable bonds is 9. The minimum Gasteiger partial charge on any atom is -0.468 e. The smallest absolute Gasteiger partial charge is 0.338 e. The van der Waals surface area contributed by atoms with Crippen molar-refractivity contribution in [3.05, 3.63) is 54.0 Å². The number of sulfonamides is 1. The largest absolute Gasteiger partial charge is 0.468 e. The Balaban J connectivity index is 1.46. The highest BCUT2D eigenvalue weighted by Crippen LogP contribution is 2.13. The number of hydrogen-bond donors (Lipinski definition) is 2. The second-order valence-electron chi connectivity index (χ2n) is 6.44. The van der Waals surface area contributed by atoms with Gasteiger partial charge in [-0.2, -0.15) is 0 Å². The zero-order chi connectivity index (χ0) is 20.7. The van der Waals surface area contributed by atoms with Crippen LogP contribution in [0.3, 0.4) is 0 Å². The van der Waals surface area contributed by atoms with Crippen molar-refractivity contribution in [3.63, 3.8) is 0 Å². The van der Waals surface area contributed by atoms with E-state index in [1.807, 2.05) is 0 Å². The molecule has 10 heteroatoms. The van der Waals surface area contributed by atoms with E-state index in [4.69, 9.17) is 13.9 Å². The van der Waals surface area contributed by atoms with Crippen LogP contribution in [0, 0.1) is 0 Å².